The van der Waals surface area contributed by atoms with Gasteiger partial charge in [0.05, 0.1) is 10.6 Å². The lowest BCUT2D eigenvalue weighted by atomic mass is 10.2. The summed E-state index contributed by atoms with van der Waals surface area (Å²) in [6, 6.07) is 1.49. The quantitative estimate of drug-likeness (QED) is 0.578. The number of pyridine rings is 1. The lowest BCUT2D eigenvalue weighted by Gasteiger charge is -1.98. The number of nitrogens with zero attached hydrogens (tertiary/aromatic N) is 2. The monoisotopic (exact) mass is 193 g/mol. The van der Waals surface area contributed by atoms with Crippen molar-refractivity contribution in [1.29, 1.82) is 0 Å². The van der Waals surface area contributed by atoms with Crippen LogP contribution in [-0.2, 0) is 0 Å². The van der Waals surface area contributed by atoms with E-state index in [1.807, 2.05) is 0 Å². The second-order valence-electron chi connectivity index (χ2n) is 2.79. The van der Waals surface area contributed by atoms with E-state index in [4.69, 9.17) is 5.73 Å². The van der Waals surface area contributed by atoms with Crippen molar-refractivity contribution in [1.82, 2.24) is 4.98 Å². The maximum atomic E-state index is 10.4. The van der Waals surface area contributed by atoms with Gasteiger partial charge in [-0.05, 0) is 18.6 Å². The van der Waals surface area contributed by atoms with Crippen molar-refractivity contribution in [2.24, 2.45) is 5.73 Å². The predicted molar refractivity (Wildman–Crippen MR) is 53.7 cm³/mol. The summed E-state index contributed by atoms with van der Waals surface area (Å²) in [5.74, 6) is 0. The number of aryl methyl sites for hydroxylation is 1. The number of rotatable bonds is 3. The van der Waals surface area contributed by atoms with E-state index in [0.29, 0.717) is 12.2 Å². The first-order valence-corrected chi connectivity index (χ1v) is 4.13. The van der Waals surface area contributed by atoms with Gasteiger partial charge in [0.15, 0.2) is 0 Å². The van der Waals surface area contributed by atoms with Gasteiger partial charge in [-0.15, -0.1) is 0 Å². The van der Waals surface area contributed by atoms with E-state index >= 15 is 0 Å². The number of nitrogens with two attached hydrogens (primary N) is 1. The molecular formula is C9H11N3O2. The first-order chi connectivity index (χ1) is 6.65. The van der Waals surface area contributed by atoms with E-state index in [2.05, 4.69) is 4.98 Å². The largest absolute Gasteiger partial charge is 0.327 e. The van der Waals surface area contributed by atoms with Crippen LogP contribution in [0.4, 0.5) is 5.69 Å². The molecule has 0 aliphatic heterocycles. The van der Waals surface area contributed by atoms with Crippen molar-refractivity contribution in [3.05, 3.63) is 39.7 Å². The van der Waals surface area contributed by atoms with Crippen molar-refractivity contribution in [3.63, 3.8) is 0 Å². The molecule has 0 amide bonds. The molecule has 1 aromatic heterocycles. The Morgan fingerprint density at radius 2 is 2.43 bits per heavy atom. The highest BCUT2D eigenvalue weighted by molar-refractivity contribution is 5.51. The number of hydrogen-bond donors (Lipinski definition) is 1. The van der Waals surface area contributed by atoms with Crippen molar-refractivity contribution in [2.45, 2.75) is 6.92 Å². The summed E-state index contributed by atoms with van der Waals surface area (Å²) >= 11 is 0. The molecule has 2 N–H and O–H groups in total. The van der Waals surface area contributed by atoms with Crippen molar-refractivity contribution in [3.8, 4) is 0 Å². The van der Waals surface area contributed by atoms with Crippen LogP contribution in [-0.4, -0.2) is 16.5 Å². The third-order valence-electron chi connectivity index (χ3n) is 1.73. The van der Waals surface area contributed by atoms with E-state index in [1.54, 1.807) is 19.1 Å². The fourth-order valence-electron chi connectivity index (χ4n) is 1.02. The second-order valence-corrected chi connectivity index (χ2v) is 2.79. The molecule has 0 aromatic carbocycles. The SMILES string of the molecule is Cc1cc([N+](=O)[O-])cnc1C=CCN. The Labute approximate surface area is 81.4 Å². The molecule has 74 valence electrons. The standard InChI is InChI=1S/C9H11N3O2/c1-7-5-8(12(13)14)6-11-9(7)3-2-4-10/h2-3,5-6H,4,10H2,1H3. The van der Waals surface area contributed by atoms with Gasteiger partial charge in [0.1, 0.15) is 6.20 Å². The smallest absolute Gasteiger partial charge is 0.287 e. The van der Waals surface area contributed by atoms with Crippen LogP contribution in [0.2, 0.25) is 0 Å². The van der Waals surface area contributed by atoms with E-state index in [-0.39, 0.29) is 5.69 Å². The van der Waals surface area contributed by atoms with E-state index < -0.39 is 4.92 Å². The van der Waals surface area contributed by atoms with Crippen LogP contribution in [0.25, 0.3) is 6.08 Å². The first kappa shape index (κ1) is 10.3. The molecule has 0 radical (unpaired) electrons. The Kier molecular flexibility index (Phi) is 3.30. The number of nitro groups is 1. The summed E-state index contributed by atoms with van der Waals surface area (Å²) in [5.41, 5.74) is 6.77. The lowest BCUT2D eigenvalue weighted by Crippen LogP contribution is -1.95. The average molecular weight is 193 g/mol. The average Bonchev–Trinajstić information content (AvgIpc) is 2.15. The maximum absolute atomic E-state index is 10.4. The third-order valence-corrected chi connectivity index (χ3v) is 1.73. The fourth-order valence-corrected chi connectivity index (χ4v) is 1.02. The summed E-state index contributed by atoms with van der Waals surface area (Å²) in [4.78, 5) is 13.9. The Bertz CT molecular complexity index is 374. The second kappa shape index (κ2) is 4.48. The minimum absolute atomic E-state index is 0.00685. The molecule has 0 unspecified atom stereocenters. The van der Waals surface area contributed by atoms with Gasteiger partial charge in [-0.2, -0.15) is 0 Å². The minimum atomic E-state index is -0.462. The van der Waals surface area contributed by atoms with Crippen LogP contribution < -0.4 is 5.73 Å². The van der Waals surface area contributed by atoms with Crippen molar-refractivity contribution in [2.75, 3.05) is 6.54 Å². The number of hydrogen-bond acceptors (Lipinski definition) is 4. The fraction of sp³-hybridized carbons (Fsp3) is 0.222. The molecule has 0 fully saturated rings. The zero-order valence-electron chi connectivity index (χ0n) is 7.80. The molecule has 0 bridgehead atoms. The van der Waals surface area contributed by atoms with Gasteiger partial charge in [0.25, 0.3) is 5.69 Å². The molecule has 5 heteroatoms. The zero-order valence-corrected chi connectivity index (χ0v) is 7.80. The van der Waals surface area contributed by atoms with Crippen LogP contribution in [0.3, 0.4) is 0 Å². The predicted octanol–water partition coefficient (Wildman–Crippen LogP) is 1.27. The molecule has 0 aliphatic rings. The van der Waals surface area contributed by atoms with Crippen LogP contribution in [0, 0.1) is 17.0 Å². The van der Waals surface area contributed by atoms with Crippen molar-refractivity contribution >= 4 is 11.8 Å². The summed E-state index contributed by atoms with van der Waals surface area (Å²) in [7, 11) is 0. The van der Waals surface area contributed by atoms with Gasteiger partial charge in [-0.3, -0.25) is 10.1 Å². The van der Waals surface area contributed by atoms with E-state index in [0.717, 1.165) is 5.56 Å². The molecule has 1 rings (SSSR count). The Morgan fingerprint density at radius 3 is 2.93 bits per heavy atom. The van der Waals surface area contributed by atoms with Gasteiger partial charge in [0, 0.05) is 12.6 Å². The van der Waals surface area contributed by atoms with E-state index in [1.165, 1.54) is 12.3 Å². The highest BCUT2D eigenvalue weighted by atomic mass is 16.6. The van der Waals surface area contributed by atoms with Gasteiger partial charge < -0.3 is 5.73 Å². The molecule has 1 aromatic rings. The maximum Gasteiger partial charge on any atom is 0.287 e. The van der Waals surface area contributed by atoms with Crippen LogP contribution in [0.15, 0.2) is 18.3 Å². The molecule has 1 heterocycles. The van der Waals surface area contributed by atoms with Gasteiger partial charge in [-0.1, -0.05) is 6.08 Å². The molecule has 5 nitrogen and oxygen atoms in total. The highest BCUT2D eigenvalue weighted by Crippen LogP contribution is 2.14. The van der Waals surface area contributed by atoms with Crippen LogP contribution >= 0.6 is 0 Å². The van der Waals surface area contributed by atoms with Gasteiger partial charge in [0.2, 0.25) is 0 Å². The van der Waals surface area contributed by atoms with Gasteiger partial charge >= 0.3 is 0 Å². The topological polar surface area (TPSA) is 82.0 Å². The van der Waals surface area contributed by atoms with Crippen molar-refractivity contribution < 1.29 is 4.92 Å². The normalized spacial score (nSPS) is 10.7. The molecule has 14 heavy (non-hydrogen) atoms. The summed E-state index contributed by atoms with van der Waals surface area (Å²) in [6.07, 6.45) is 4.74. The Balaban J connectivity index is 3.01. The third kappa shape index (κ3) is 2.37. The van der Waals surface area contributed by atoms with Crippen LogP contribution in [0.5, 0.6) is 0 Å². The number of aromatic nitrogens is 1. The van der Waals surface area contributed by atoms with Gasteiger partial charge in [-0.25, -0.2) is 4.98 Å². The summed E-state index contributed by atoms with van der Waals surface area (Å²) in [6.45, 7) is 2.20. The molecule has 0 saturated heterocycles. The lowest BCUT2D eigenvalue weighted by molar-refractivity contribution is -0.385. The highest BCUT2D eigenvalue weighted by Gasteiger charge is 2.07. The molecule has 0 atom stereocenters. The zero-order chi connectivity index (χ0) is 10.6. The minimum Gasteiger partial charge on any atom is -0.327 e. The molecule has 0 saturated carbocycles. The van der Waals surface area contributed by atoms with E-state index in [9.17, 15) is 10.1 Å². The first-order valence-electron chi connectivity index (χ1n) is 4.13. The Morgan fingerprint density at radius 1 is 1.71 bits per heavy atom. The molecular weight excluding hydrogens is 182 g/mol. The Hall–Kier alpha value is -1.75. The molecule has 0 aliphatic carbocycles. The van der Waals surface area contributed by atoms with Crippen LogP contribution in [0.1, 0.15) is 11.3 Å². The summed E-state index contributed by atoms with van der Waals surface area (Å²) in [5, 5.41) is 10.4. The summed E-state index contributed by atoms with van der Waals surface area (Å²) < 4.78 is 0. The molecule has 0 spiro atoms.